The van der Waals surface area contributed by atoms with Crippen molar-refractivity contribution < 1.29 is 14.8 Å². The Morgan fingerprint density at radius 1 is 1.06 bits per heavy atom. The monoisotopic (exact) mass is 232 g/mol. The van der Waals surface area contributed by atoms with Crippen molar-refractivity contribution in [1.82, 2.24) is 0 Å². The predicted octanol–water partition coefficient (Wildman–Crippen LogP) is 2.08. The number of ether oxygens (including phenoxy) is 1. The molecule has 0 aliphatic rings. The number of aliphatic hydroxyl groups is 1. The molecule has 0 spiro atoms. The Kier molecular flexibility index (Phi) is 6.44. The first-order valence-corrected chi connectivity index (χ1v) is 5.60. The van der Waals surface area contributed by atoms with Crippen LogP contribution in [0.1, 0.15) is 12.5 Å². The average Bonchev–Trinajstić information content (AvgIpc) is 2.40. The fourth-order valence-electron chi connectivity index (χ4n) is 1.20. The Bertz CT molecular complexity index is 350. The topological polar surface area (TPSA) is 43.6 Å². The van der Waals surface area contributed by atoms with Gasteiger partial charge in [0.25, 0.3) is 0 Å². The van der Waals surface area contributed by atoms with Crippen LogP contribution in [0.4, 0.5) is 0 Å². The summed E-state index contributed by atoms with van der Waals surface area (Å²) in [5.74, 6) is 0.903. The molecule has 0 fully saturated rings. The smallest absolute Gasteiger partial charge is 0.167 e. The second-order valence-corrected chi connectivity index (χ2v) is 3.33. The van der Waals surface area contributed by atoms with E-state index in [1.165, 1.54) is 0 Å². The van der Waals surface area contributed by atoms with Crippen LogP contribution in [-0.4, -0.2) is 11.7 Å². The van der Waals surface area contributed by atoms with Crippen molar-refractivity contribution in [3.05, 3.63) is 60.4 Å². The third-order valence-electron chi connectivity index (χ3n) is 1.94. The maximum Gasteiger partial charge on any atom is 0.167 e. The van der Waals surface area contributed by atoms with E-state index in [2.05, 4.69) is 4.98 Å². The first-order chi connectivity index (χ1) is 8.36. The molecular weight excluding hydrogens is 214 g/mol. The van der Waals surface area contributed by atoms with E-state index in [4.69, 9.17) is 9.84 Å². The van der Waals surface area contributed by atoms with E-state index in [0.29, 0.717) is 6.61 Å². The standard InChI is InChI=1S/C12H11NO.C2H6O/c1-2-4-12(5-3-1)14-10-11-6-8-13-9-7-11;1-2-3/h1-9H,10H2;3H,2H2,1H3/p+1. The first kappa shape index (κ1) is 13.2. The molecular formula is C14H18NO2+. The summed E-state index contributed by atoms with van der Waals surface area (Å²) in [6.45, 7) is 2.54. The lowest BCUT2D eigenvalue weighted by Crippen LogP contribution is -2.01. The van der Waals surface area contributed by atoms with Gasteiger partial charge in [0.05, 0.1) is 0 Å². The highest BCUT2D eigenvalue weighted by Crippen LogP contribution is 2.10. The molecule has 0 radical (unpaired) electrons. The maximum atomic E-state index is 7.57. The van der Waals surface area contributed by atoms with Crippen LogP contribution in [0.2, 0.25) is 0 Å². The third kappa shape index (κ3) is 5.68. The lowest BCUT2D eigenvalue weighted by Gasteiger charge is -2.04. The second-order valence-electron chi connectivity index (χ2n) is 3.33. The number of aliphatic hydroxyl groups excluding tert-OH is 1. The van der Waals surface area contributed by atoms with Crippen LogP contribution in [-0.2, 0) is 6.61 Å². The molecule has 2 aromatic rings. The van der Waals surface area contributed by atoms with Gasteiger partial charge < -0.3 is 9.84 Å². The number of aromatic amines is 1. The van der Waals surface area contributed by atoms with Crippen molar-refractivity contribution in [2.75, 3.05) is 6.61 Å². The number of pyridine rings is 1. The van der Waals surface area contributed by atoms with E-state index < -0.39 is 0 Å². The lowest BCUT2D eigenvalue weighted by atomic mass is 10.3. The fraction of sp³-hybridized carbons (Fsp3) is 0.214. The van der Waals surface area contributed by atoms with Crippen molar-refractivity contribution in [3.8, 4) is 5.75 Å². The second kappa shape index (κ2) is 8.30. The van der Waals surface area contributed by atoms with E-state index in [9.17, 15) is 0 Å². The lowest BCUT2D eigenvalue weighted by molar-refractivity contribution is -0.378. The third-order valence-corrected chi connectivity index (χ3v) is 1.94. The molecule has 3 heteroatoms. The minimum Gasteiger partial charge on any atom is -0.489 e. The highest BCUT2D eigenvalue weighted by atomic mass is 16.5. The highest BCUT2D eigenvalue weighted by molar-refractivity contribution is 5.21. The number of nitrogens with one attached hydrogen (secondary N) is 1. The summed E-state index contributed by atoms with van der Waals surface area (Å²) in [6, 6.07) is 13.8. The Hall–Kier alpha value is -1.87. The minimum atomic E-state index is 0.250. The first-order valence-electron chi connectivity index (χ1n) is 5.60. The molecule has 2 N–H and O–H groups in total. The number of hydrogen-bond acceptors (Lipinski definition) is 2. The number of H-pyrrole nitrogens is 1. The van der Waals surface area contributed by atoms with E-state index >= 15 is 0 Å². The van der Waals surface area contributed by atoms with Crippen LogP contribution < -0.4 is 9.72 Å². The molecule has 1 aromatic heterocycles. The molecule has 0 aliphatic heterocycles. The van der Waals surface area contributed by atoms with E-state index in [1.54, 1.807) is 6.92 Å². The van der Waals surface area contributed by atoms with Gasteiger partial charge in [0, 0.05) is 24.3 Å². The summed E-state index contributed by atoms with van der Waals surface area (Å²) in [5, 5.41) is 7.57. The molecule has 17 heavy (non-hydrogen) atoms. The zero-order chi connectivity index (χ0) is 12.3. The molecule has 2 rings (SSSR count). The summed E-state index contributed by atoms with van der Waals surface area (Å²) < 4.78 is 5.58. The number of hydrogen-bond donors (Lipinski definition) is 1. The van der Waals surface area contributed by atoms with Gasteiger partial charge in [-0.1, -0.05) is 18.2 Å². The van der Waals surface area contributed by atoms with E-state index in [1.807, 2.05) is 54.9 Å². The number of benzene rings is 1. The van der Waals surface area contributed by atoms with Gasteiger partial charge in [-0.05, 0) is 19.1 Å². The van der Waals surface area contributed by atoms with Crippen LogP contribution >= 0.6 is 0 Å². The van der Waals surface area contributed by atoms with Crippen LogP contribution in [0.15, 0.2) is 54.9 Å². The summed E-state index contributed by atoms with van der Waals surface area (Å²) in [6.07, 6.45) is 3.79. The fourth-order valence-corrected chi connectivity index (χ4v) is 1.20. The SMILES string of the molecule is CCO.c1ccc(OCc2cc[nH+]cc2)cc1. The van der Waals surface area contributed by atoms with Gasteiger partial charge in [0.2, 0.25) is 0 Å². The molecule has 0 unspecified atom stereocenters. The Morgan fingerprint density at radius 2 is 1.65 bits per heavy atom. The minimum absolute atomic E-state index is 0.250. The van der Waals surface area contributed by atoms with Crippen molar-refractivity contribution in [2.24, 2.45) is 0 Å². The zero-order valence-corrected chi connectivity index (χ0v) is 9.97. The van der Waals surface area contributed by atoms with Gasteiger partial charge in [-0.15, -0.1) is 0 Å². The maximum absolute atomic E-state index is 7.57. The van der Waals surface area contributed by atoms with Crippen LogP contribution in [0.5, 0.6) is 5.75 Å². The van der Waals surface area contributed by atoms with Gasteiger partial charge in [-0.25, -0.2) is 4.98 Å². The molecule has 0 amide bonds. The van der Waals surface area contributed by atoms with Gasteiger partial charge in [0.15, 0.2) is 12.4 Å². The predicted molar refractivity (Wildman–Crippen MR) is 66.5 cm³/mol. The Morgan fingerprint density at radius 3 is 2.24 bits per heavy atom. The molecule has 3 nitrogen and oxygen atoms in total. The average molecular weight is 232 g/mol. The number of aromatic nitrogens is 1. The molecule has 1 aromatic carbocycles. The van der Waals surface area contributed by atoms with Crippen molar-refractivity contribution in [2.45, 2.75) is 13.5 Å². The molecule has 1 heterocycles. The van der Waals surface area contributed by atoms with Crippen LogP contribution in [0, 0.1) is 0 Å². The molecule has 0 saturated heterocycles. The molecule has 0 saturated carbocycles. The summed E-state index contributed by atoms with van der Waals surface area (Å²) in [7, 11) is 0. The number of rotatable bonds is 3. The van der Waals surface area contributed by atoms with Crippen molar-refractivity contribution >= 4 is 0 Å². The summed E-state index contributed by atoms with van der Waals surface area (Å²) in [4.78, 5) is 2.98. The van der Waals surface area contributed by atoms with Gasteiger partial charge in [-0.3, -0.25) is 0 Å². The van der Waals surface area contributed by atoms with Gasteiger partial charge in [-0.2, -0.15) is 0 Å². The molecule has 0 bridgehead atoms. The van der Waals surface area contributed by atoms with Gasteiger partial charge in [0.1, 0.15) is 12.4 Å². The van der Waals surface area contributed by atoms with Crippen molar-refractivity contribution in [3.63, 3.8) is 0 Å². The Balaban J connectivity index is 0.000000437. The van der Waals surface area contributed by atoms with Gasteiger partial charge >= 0.3 is 0 Å². The summed E-state index contributed by atoms with van der Waals surface area (Å²) >= 11 is 0. The number of para-hydroxylation sites is 1. The molecule has 0 aliphatic carbocycles. The van der Waals surface area contributed by atoms with E-state index in [-0.39, 0.29) is 6.61 Å². The summed E-state index contributed by atoms with van der Waals surface area (Å²) in [5.41, 5.74) is 1.16. The molecule has 0 atom stereocenters. The molecule has 90 valence electrons. The largest absolute Gasteiger partial charge is 0.489 e. The highest BCUT2D eigenvalue weighted by Gasteiger charge is 1.94. The normalized spacial score (nSPS) is 9.06. The van der Waals surface area contributed by atoms with E-state index in [0.717, 1.165) is 11.3 Å². The Labute approximate surface area is 102 Å². The van der Waals surface area contributed by atoms with Crippen LogP contribution in [0.3, 0.4) is 0 Å². The van der Waals surface area contributed by atoms with Crippen LogP contribution in [0.25, 0.3) is 0 Å². The zero-order valence-electron chi connectivity index (χ0n) is 9.97. The van der Waals surface area contributed by atoms with Crippen molar-refractivity contribution in [1.29, 1.82) is 0 Å². The quantitative estimate of drug-likeness (QED) is 0.880.